The van der Waals surface area contributed by atoms with E-state index in [1.165, 1.54) is 12.8 Å². The lowest BCUT2D eigenvalue weighted by atomic mass is 10.1. The summed E-state index contributed by atoms with van der Waals surface area (Å²) in [4.78, 5) is 8.09. The van der Waals surface area contributed by atoms with Crippen molar-refractivity contribution in [3.8, 4) is 11.5 Å². The van der Waals surface area contributed by atoms with E-state index >= 15 is 0 Å². The molecule has 0 atom stereocenters. The van der Waals surface area contributed by atoms with Gasteiger partial charge >= 0.3 is 0 Å². The molecule has 0 amide bonds. The van der Waals surface area contributed by atoms with Gasteiger partial charge in [0, 0.05) is 6.20 Å². The largest absolute Gasteiger partial charge is 0.493 e. The molecule has 0 N–H and O–H groups in total. The second-order valence-corrected chi connectivity index (χ2v) is 5.40. The third-order valence-corrected chi connectivity index (χ3v) is 3.83. The van der Waals surface area contributed by atoms with Crippen LogP contribution in [0.5, 0.6) is 11.5 Å². The predicted octanol–water partition coefficient (Wildman–Crippen LogP) is 3.98. The Hall–Kier alpha value is -2.36. The van der Waals surface area contributed by atoms with Crippen LogP contribution < -0.4 is 9.47 Å². The van der Waals surface area contributed by atoms with Gasteiger partial charge in [0.25, 0.3) is 0 Å². The molecule has 0 radical (unpaired) electrons. The van der Waals surface area contributed by atoms with Crippen LogP contribution in [-0.4, -0.2) is 23.2 Å². The third kappa shape index (κ3) is 3.64. The van der Waals surface area contributed by atoms with Crippen LogP contribution >= 0.6 is 0 Å². The SMILES string of the molecule is COc1ccc(C=Cc2ccncn2)cc1OC1CCCC1. The highest BCUT2D eigenvalue weighted by Crippen LogP contribution is 2.32. The Morgan fingerprint density at radius 2 is 1.95 bits per heavy atom. The van der Waals surface area contributed by atoms with Crippen molar-refractivity contribution in [3.05, 3.63) is 48.0 Å². The fourth-order valence-electron chi connectivity index (χ4n) is 2.66. The molecule has 3 rings (SSSR count). The molecule has 0 unspecified atom stereocenters. The van der Waals surface area contributed by atoms with Crippen molar-refractivity contribution in [1.82, 2.24) is 9.97 Å². The first-order valence-corrected chi connectivity index (χ1v) is 7.64. The second-order valence-electron chi connectivity index (χ2n) is 5.40. The highest BCUT2D eigenvalue weighted by Gasteiger charge is 2.18. The molecule has 1 aliphatic carbocycles. The molecule has 1 heterocycles. The van der Waals surface area contributed by atoms with Crippen LogP contribution in [0.1, 0.15) is 36.9 Å². The van der Waals surface area contributed by atoms with Crippen molar-refractivity contribution in [2.24, 2.45) is 0 Å². The van der Waals surface area contributed by atoms with Crippen LogP contribution in [0.2, 0.25) is 0 Å². The summed E-state index contributed by atoms with van der Waals surface area (Å²) in [6, 6.07) is 7.85. The van der Waals surface area contributed by atoms with E-state index in [1.54, 1.807) is 19.6 Å². The fraction of sp³-hybridized carbons (Fsp3) is 0.333. The maximum Gasteiger partial charge on any atom is 0.162 e. The van der Waals surface area contributed by atoms with Crippen molar-refractivity contribution in [1.29, 1.82) is 0 Å². The maximum atomic E-state index is 6.11. The smallest absolute Gasteiger partial charge is 0.162 e. The van der Waals surface area contributed by atoms with Gasteiger partial charge in [-0.05, 0) is 55.5 Å². The normalized spacial score (nSPS) is 15.3. The summed E-state index contributed by atoms with van der Waals surface area (Å²) in [5.74, 6) is 1.60. The van der Waals surface area contributed by atoms with Crippen molar-refractivity contribution in [3.63, 3.8) is 0 Å². The van der Waals surface area contributed by atoms with Gasteiger partial charge in [0.05, 0.1) is 18.9 Å². The number of aromatic nitrogens is 2. The van der Waals surface area contributed by atoms with Gasteiger partial charge in [-0.25, -0.2) is 9.97 Å². The lowest BCUT2D eigenvalue weighted by Crippen LogP contribution is -2.11. The quantitative estimate of drug-likeness (QED) is 0.837. The van der Waals surface area contributed by atoms with Gasteiger partial charge in [0.2, 0.25) is 0 Å². The number of methoxy groups -OCH3 is 1. The Morgan fingerprint density at radius 3 is 2.68 bits per heavy atom. The van der Waals surface area contributed by atoms with E-state index in [0.29, 0.717) is 6.10 Å². The summed E-state index contributed by atoms with van der Waals surface area (Å²) >= 11 is 0. The molecule has 22 heavy (non-hydrogen) atoms. The molecule has 114 valence electrons. The minimum Gasteiger partial charge on any atom is -0.493 e. The minimum absolute atomic E-state index is 0.315. The predicted molar refractivity (Wildman–Crippen MR) is 86.8 cm³/mol. The van der Waals surface area contributed by atoms with E-state index in [-0.39, 0.29) is 0 Å². The van der Waals surface area contributed by atoms with E-state index in [0.717, 1.165) is 35.6 Å². The Morgan fingerprint density at radius 1 is 1.09 bits per heavy atom. The lowest BCUT2D eigenvalue weighted by Gasteiger charge is -2.16. The second kappa shape index (κ2) is 7.07. The highest BCUT2D eigenvalue weighted by atomic mass is 16.5. The molecule has 4 heteroatoms. The van der Waals surface area contributed by atoms with Gasteiger partial charge in [0.15, 0.2) is 11.5 Å². The summed E-state index contributed by atoms with van der Waals surface area (Å²) < 4.78 is 11.5. The van der Waals surface area contributed by atoms with Crippen molar-refractivity contribution in [2.45, 2.75) is 31.8 Å². The minimum atomic E-state index is 0.315. The van der Waals surface area contributed by atoms with Crippen LogP contribution in [0, 0.1) is 0 Å². The zero-order chi connectivity index (χ0) is 15.2. The average Bonchev–Trinajstić information content (AvgIpc) is 3.07. The van der Waals surface area contributed by atoms with Crippen LogP contribution in [0.15, 0.2) is 36.8 Å². The summed E-state index contributed by atoms with van der Waals surface area (Å²) in [6.45, 7) is 0. The number of hydrogen-bond donors (Lipinski definition) is 0. The summed E-state index contributed by atoms with van der Waals surface area (Å²) in [5.41, 5.74) is 1.94. The van der Waals surface area contributed by atoms with Gasteiger partial charge in [-0.15, -0.1) is 0 Å². The van der Waals surface area contributed by atoms with Crippen LogP contribution in [0.4, 0.5) is 0 Å². The van der Waals surface area contributed by atoms with E-state index in [2.05, 4.69) is 9.97 Å². The van der Waals surface area contributed by atoms with E-state index in [9.17, 15) is 0 Å². The molecular formula is C18H20N2O2. The van der Waals surface area contributed by atoms with Crippen molar-refractivity contribution >= 4 is 12.2 Å². The van der Waals surface area contributed by atoms with Gasteiger partial charge in [-0.2, -0.15) is 0 Å². The molecule has 4 nitrogen and oxygen atoms in total. The topological polar surface area (TPSA) is 44.2 Å². The number of ether oxygens (including phenoxy) is 2. The van der Waals surface area contributed by atoms with Gasteiger partial charge in [-0.1, -0.05) is 12.1 Å². The number of nitrogens with zero attached hydrogens (tertiary/aromatic N) is 2. The zero-order valence-corrected chi connectivity index (χ0v) is 12.7. The molecular weight excluding hydrogens is 276 g/mol. The molecule has 0 aliphatic heterocycles. The Kier molecular flexibility index (Phi) is 4.68. The number of rotatable bonds is 5. The van der Waals surface area contributed by atoms with Crippen LogP contribution in [0.3, 0.4) is 0 Å². The standard InChI is InChI=1S/C18H20N2O2/c1-21-17-9-7-14(6-8-15-10-11-19-13-20-15)12-18(17)22-16-4-2-3-5-16/h6-13,16H,2-5H2,1H3. The van der Waals surface area contributed by atoms with Crippen molar-refractivity contribution in [2.75, 3.05) is 7.11 Å². The molecule has 1 aliphatic rings. The van der Waals surface area contributed by atoms with Crippen LogP contribution in [-0.2, 0) is 0 Å². The summed E-state index contributed by atoms with van der Waals surface area (Å²) in [7, 11) is 1.67. The molecule has 1 fully saturated rings. The van der Waals surface area contributed by atoms with Crippen LogP contribution in [0.25, 0.3) is 12.2 Å². The van der Waals surface area contributed by atoms with E-state index < -0.39 is 0 Å². The number of hydrogen-bond acceptors (Lipinski definition) is 4. The molecule has 0 spiro atoms. The fourth-order valence-corrected chi connectivity index (χ4v) is 2.66. The lowest BCUT2D eigenvalue weighted by molar-refractivity contribution is 0.201. The zero-order valence-electron chi connectivity index (χ0n) is 12.7. The molecule has 2 aromatic rings. The average molecular weight is 296 g/mol. The molecule has 1 aromatic heterocycles. The molecule has 0 saturated heterocycles. The first-order chi connectivity index (χ1) is 10.8. The Labute approximate surface area is 130 Å². The molecule has 1 aromatic carbocycles. The highest BCUT2D eigenvalue weighted by molar-refractivity contribution is 5.69. The van der Waals surface area contributed by atoms with Gasteiger partial charge in [0.1, 0.15) is 6.33 Å². The Balaban J connectivity index is 1.78. The maximum absolute atomic E-state index is 6.11. The van der Waals surface area contributed by atoms with Crippen molar-refractivity contribution < 1.29 is 9.47 Å². The van der Waals surface area contributed by atoms with Gasteiger partial charge < -0.3 is 9.47 Å². The van der Waals surface area contributed by atoms with E-state index in [1.807, 2.05) is 36.4 Å². The molecule has 1 saturated carbocycles. The summed E-state index contributed by atoms with van der Waals surface area (Å²) in [5, 5.41) is 0. The summed E-state index contributed by atoms with van der Waals surface area (Å²) in [6.07, 6.45) is 12.3. The van der Waals surface area contributed by atoms with Gasteiger partial charge in [-0.3, -0.25) is 0 Å². The van der Waals surface area contributed by atoms with E-state index in [4.69, 9.17) is 9.47 Å². The monoisotopic (exact) mass is 296 g/mol. The first kappa shape index (κ1) is 14.6. The molecule has 0 bridgehead atoms. The number of benzene rings is 1. The first-order valence-electron chi connectivity index (χ1n) is 7.64. The third-order valence-electron chi connectivity index (χ3n) is 3.83. The Bertz CT molecular complexity index is 635.